The van der Waals surface area contributed by atoms with Gasteiger partial charge >= 0.3 is 12.1 Å². The summed E-state index contributed by atoms with van der Waals surface area (Å²) in [7, 11) is 0. The van der Waals surface area contributed by atoms with Gasteiger partial charge in [0.15, 0.2) is 0 Å². The lowest BCUT2D eigenvalue weighted by Crippen LogP contribution is -2.08. The fourth-order valence-corrected chi connectivity index (χ4v) is 2.56. The van der Waals surface area contributed by atoms with Crippen LogP contribution in [0.25, 0.3) is 10.9 Å². The molecule has 0 aliphatic rings. The van der Waals surface area contributed by atoms with Crippen molar-refractivity contribution in [2.24, 2.45) is 0 Å². The summed E-state index contributed by atoms with van der Waals surface area (Å²) in [4.78, 5) is 16.1. The molecule has 1 N–H and O–H groups in total. The summed E-state index contributed by atoms with van der Waals surface area (Å²) in [5, 5.41) is 3.60. The number of benzene rings is 2. The first kappa shape index (κ1) is 17.7. The Morgan fingerprint density at radius 3 is 2.62 bits per heavy atom. The Morgan fingerprint density at radius 2 is 1.88 bits per heavy atom. The number of ether oxygens (including phenoxy) is 1. The molecular formula is C19H15F3N2O2. The lowest BCUT2D eigenvalue weighted by Gasteiger charge is -2.14. The van der Waals surface area contributed by atoms with E-state index in [2.05, 4.69) is 10.3 Å². The van der Waals surface area contributed by atoms with E-state index in [0.717, 1.165) is 12.1 Å². The second-order valence-electron chi connectivity index (χ2n) is 5.48. The van der Waals surface area contributed by atoms with Crippen molar-refractivity contribution >= 4 is 28.2 Å². The number of esters is 1. The highest BCUT2D eigenvalue weighted by atomic mass is 19.4. The first-order valence-corrected chi connectivity index (χ1v) is 7.89. The van der Waals surface area contributed by atoms with E-state index in [1.165, 1.54) is 12.3 Å². The number of hydrogen-bond acceptors (Lipinski definition) is 4. The first-order chi connectivity index (χ1) is 12.4. The average molecular weight is 360 g/mol. The molecule has 3 aromatic rings. The van der Waals surface area contributed by atoms with Crippen LogP contribution in [-0.4, -0.2) is 17.6 Å². The summed E-state index contributed by atoms with van der Waals surface area (Å²) < 4.78 is 43.7. The van der Waals surface area contributed by atoms with E-state index in [9.17, 15) is 18.0 Å². The lowest BCUT2D eigenvalue weighted by atomic mass is 10.1. The Hall–Kier alpha value is -3.09. The van der Waals surface area contributed by atoms with E-state index < -0.39 is 17.7 Å². The van der Waals surface area contributed by atoms with Crippen LogP contribution in [-0.2, 0) is 10.9 Å². The largest absolute Gasteiger partial charge is 0.462 e. The fraction of sp³-hybridized carbons (Fsp3) is 0.158. The number of anilines is 2. The van der Waals surface area contributed by atoms with Crippen LogP contribution in [0.5, 0.6) is 0 Å². The van der Waals surface area contributed by atoms with Crippen LogP contribution in [0.4, 0.5) is 24.5 Å². The number of nitrogens with zero attached hydrogens (tertiary/aromatic N) is 1. The highest BCUT2D eigenvalue weighted by Gasteiger charge is 2.30. The summed E-state index contributed by atoms with van der Waals surface area (Å²) in [6.45, 7) is 1.95. The molecule has 134 valence electrons. The van der Waals surface area contributed by atoms with Crippen LogP contribution in [0.3, 0.4) is 0 Å². The zero-order valence-corrected chi connectivity index (χ0v) is 13.8. The molecule has 1 heterocycles. The van der Waals surface area contributed by atoms with E-state index in [0.29, 0.717) is 22.3 Å². The molecule has 0 saturated heterocycles. The smallest absolute Gasteiger partial charge is 0.416 e. The number of alkyl halides is 3. The molecule has 0 aliphatic heterocycles. The summed E-state index contributed by atoms with van der Waals surface area (Å²) in [5.74, 6) is -0.478. The Labute approximate surface area is 147 Å². The minimum Gasteiger partial charge on any atom is -0.462 e. The van der Waals surface area contributed by atoms with Gasteiger partial charge in [-0.1, -0.05) is 18.2 Å². The molecule has 0 bridgehead atoms. The second kappa shape index (κ2) is 7.03. The molecule has 0 amide bonds. The molecule has 2 aromatic carbocycles. The summed E-state index contributed by atoms with van der Waals surface area (Å²) in [5.41, 5.74) is 0.824. The van der Waals surface area contributed by atoms with Crippen LogP contribution in [0.1, 0.15) is 22.8 Å². The van der Waals surface area contributed by atoms with Gasteiger partial charge in [0, 0.05) is 17.3 Å². The molecule has 1 aromatic heterocycles. The van der Waals surface area contributed by atoms with Gasteiger partial charge < -0.3 is 10.1 Å². The number of aromatic nitrogens is 1. The first-order valence-electron chi connectivity index (χ1n) is 7.89. The molecule has 3 rings (SSSR count). The SMILES string of the molecule is CCOC(=O)c1ccccc1Nc1ccnc2cc(C(F)(F)F)ccc12. The van der Waals surface area contributed by atoms with E-state index >= 15 is 0 Å². The number of carbonyl (C=O) groups is 1. The van der Waals surface area contributed by atoms with Gasteiger partial charge in [-0.2, -0.15) is 13.2 Å². The van der Waals surface area contributed by atoms with Crippen molar-refractivity contribution in [3.05, 3.63) is 65.9 Å². The highest BCUT2D eigenvalue weighted by molar-refractivity contribution is 5.99. The van der Waals surface area contributed by atoms with E-state index in [-0.39, 0.29) is 12.1 Å². The molecule has 0 aliphatic carbocycles. The molecule has 26 heavy (non-hydrogen) atoms. The minimum absolute atomic E-state index is 0.207. The predicted octanol–water partition coefficient (Wildman–Crippen LogP) is 5.17. The molecule has 0 saturated carbocycles. The summed E-state index contributed by atoms with van der Waals surface area (Å²) >= 11 is 0. The van der Waals surface area contributed by atoms with Crippen molar-refractivity contribution in [2.45, 2.75) is 13.1 Å². The molecule has 0 fully saturated rings. The van der Waals surface area contributed by atoms with E-state index in [4.69, 9.17) is 4.74 Å². The van der Waals surface area contributed by atoms with Gasteiger partial charge in [0.25, 0.3) is 0 Å². The maximum absolute atomic E-state index is 12.9. The van der Waals surface area contributed by atoms with Gasteiger partial charge in [-0.05, 0) is 37.3 Å². The van der Waals surface area contributed by atoms with Crippen LogP contribution in [0.15, 0.2) is 54.7 Å². The lowest BCUT2D eigenvalue weighted by molar-refractivity contribution is -0.137. The Balaban J connectivity index is 2.01. The standard InChI is InChI=1S/C19H15F3N2O2/c1-2-26-18(25)14-5-3-4-6-15(14)24-16-9-10-23-17-11-12(19(20,21)22)7-8-13(16)17/h3-11H,2H2,1H3,(H,23,24). The van der Waals surface area contributed by atoms with Crippen molar-refractivity contribution in [3.8, 4) is 0 Å². The molecule has 0 spiro atoms. The predicted molar refractivity (Wildman–Crippen MR) is 92.4 cm³/mol. The number of halogens is 3. The third kappa shape index (κ3) is 3.61. The number of hydrogen-bond donors (Lipinski definition) is 1. The summed E-state index contributed by atoms with van der Waals surface area (Å²) in [6, 6.07) is 11.8. The van der Waals surface area contributed by atoms with E-state index in [1.807, 2.05) is 0 Å². The number of fused-ring (bicyclic) bond motifs is 1. The number of rotatable bonds is 4. The third-order valence-electron chi connectivity index (χ3n) is 3.76. The highest BCUT2D eigenvalue weighted by Crippen LogP contribution is 2.33. The molecular weight excluding hydrogens is 345 g/mol. The van der Waals surface area contributed by atoms with Crippen molar-refractivity contribution in [1.82, 2.24) is 4.98 Å². The molecule has 7 heteroatoms. The molecule has 4 nitrogen and oxygen atoms in total. The third-order valence-corrected chi connectivity index (χ3v) is 3.76. The van der Waals surface area contributed by atoms with Crippen LogP contribution in [0.2, 0.25) is 0 Å². The number of para-hydroxylation sites is 1. The van der Waals surface area contributed by atoms with Gasteiger partial charge in [0.05, 0.1) is 28.9 Å². The Bertz CT molecular complexity index is 955. The maximum atomic E-state index is 12.9. The molecule has 0 atom stereocenters. The van der Waals surface area contributed by atoms with Crippen molar-refractivity contribution in [3.63, 3.8) is 0 Å². The van der Waals surface area contributed by atoms with Gasteiger partial charge in [-0.25, -0.2) is 4.79 Å². The zero-order valence-electron chi connectivity index (χ0n) is 13.8. The molecule has 0 radical (unpaired) electrons. The second-order valence-corrected chi connectivity index (χ2v) is 5.48. The van der Waals surface area contributed by atoms with Crippen LogP contribution >= 0.6 is 0 Å². The zero-order chi connectivity index (χ0) is 18.7. The fourth-order valence-electron chi connectivity index (χ4n) is 2.56. The quantitative estimate of drug-likeness (QED) is 0.652. The van der Waals surface area contributed by atoms with Gasteiger partial charge in [-0.3, -0.25) is 4.98 Å². The van der Waals surface area contributed by atoms with Crippen LogP contribution < -0.4 is 5.32 Å². The number of carbonyl (C=O) groups excluding carboxylic acids is 1. The molecule has 0 unspecified atom stereocenters. The van der Waals surface area contributed by atoms with E-state index in [1.54, 1.807) is 37.3 Å². The van der Waals surface area contributed by atoms with Gasteiger partial charge in [0.1, 0.15) is 0 Å². The summed E-state index contributed by atoms with van der Waals surface area (Å²) in [6.07, 6.45) is -3.02. The van der Waals surface area contributed by atoms with Crippen LogP contribution in [0, 0.1) is 0 Å². The van der Waals surface area contributed by atoms with Crippen molar-refractivity contribution in [2.75, 3.05) is 11.9 Å². The van der Waals surface area contributed by atoms with Gasteiger partial charge in [0.2, 0.25) is 0 Å². The maximum Gasteiger partial charge on any atom is 0.416 e. The topological polar surface area (TPSA) is 51.2 Å². The average Bonchev–Trinajstić information content (AvgIpc) is 2.61. The monoisotopic (exact) mass is 360 g/mol. The normalized spacial score (nSPS) is 11.4. The van der Waals surface area contributed by atoms with Crippen molar-refractivity contribution in [1.29, 1.82) is 0 Å². The minimum atomic E-state index is -4.43. The van der Waals surface area contributed by atoms with Crippen molar-refractivity contribution < 1.29 is 22.7 Å². The Kier molecular flexibility index (Phi) is 4.79. The number of nitrogens with one attached hydrogen (secondary N) is 1. The number of pyridine rings is 1. The Morgan fingerprint density at radius 1 is 1.12 bits per heavy atom. The van der Waals surface area contributed by atoms with Gasteiger partial charge in [-0.15, -0.1) is 0 Å².